The van der Waals surface area contributed by atoms with Gasteiger partial charge in [-0.05, 0) is 20.0 Å². The zero-order valence-corrected chi connectivity index (χ0v) is 11.3. The fourth-order valence-electron chi connectivity index (χ4n) is 2.26. The van der Waals surface area contributed by atoms with E-state index in [0.717, 1.165) is 25.8 Å². The van der Waals surface area contributed by atoms with E-state index in [1.54, 1.807) is 0 Å². The molecule has 1 fully saturated rings. The lowest BCUT2D eigenvalue weighted by Gasteiger charge is -2.31. The van der Waals surface area contributed by atoms with Crippen molar-refractivity contribution in [3.8, 4) is 0 Å². The first kappa shape index (κ1) is 14.4. The highest BCUT2D eigenvalue weighted by Gasteiger charge is 2.19. The average molecular weight is 270 g/mol. The number of rotatable bonds is 4. The summed E-state index contributed by atoms with van der Waals surface area (Å²) in [6, 6.07) is 3.51. The van der Waals surface area contributed by atoms with Gasteiger partial charge < -0.3 is 15.0 Å². The zero-order valence-electron chi connectivity index (χ0n) is 11.3. The average Bonchev–Trinajstić information content (AvgIpc) is 2.36. The third-order valence-corrected chi connectivity index (χ3v) is 3.42. The molecule has 1 aliphatic rings. The van der Waals surface area contributed by atoms with Crippen LogP contribution in [0.3, 0.4) is 0 Å². The number of morpholine rings is 1. The van der Waals surface area contributed by atoms with Gasteiger partial charge in [0.1, 0.15) is 11.6 Å². The van der Waals surface area contributed by atoms with Crippen molar-refractivity contribution >= 4 is 0 Å². The summed E-state index contributed by atoms with van der Waals surface area (Å²) in [5.41, 5.74) is 0.477. The van der Waals surface area contributed by atoms with E-state index in [2.05, 4.69) is 17.3 Å². The standard InChI is InChI=1S/C14H20F2N2O/c1-10(13-4-3-11(15)7-14(13)16)17-8-12-9-18(2)5-6-19-12/h3-4,7,10,12,17H,5-6,8-9H2,1-2H3/t10-,12+/m0/s1. The molecule has 1 aromatic carbocycles. The van der Waals surface area contributed by atoms with Gasteiger partial charge in [-0.25, -0.2) is 8.78 Å². The van der Waals surface area contributed by atoms with Gasteiger partial charge in [-0.2, -0.15) is 0 Å². The van der Waals surface area contributed by atoms with Crippen LogP contribution in [0.15, 0.2) is 18.2 Å². The molecule has 5 heteroatoms. The number of nitrogens with zero attached hydrogens (tertiary/aromatic N) is 1. The lowest BCUT2D eigenvalue weighted by molar-refractivity contribution is -0.0191. The molecule has 19 heavy (non-hydrogen) atoms. The minimum absolute atomic E-state index is 0.115. The Hall–Kier alpha value is -1.04. The summed E-state index contributed by atoms with van der Waals surface area (Å²) < 4.78 is 32.1. The molecule has 1 heterocycles. The van der Waals surface area contributed by atoms with Crippen molar-refractivity contribution in [1.29, 1.82) is 0 Å². The van der Waals surface area contributed by atoms with E-state index in [1.807, 2.05) is 6.92 Å². The van der Waals surface area contributed by atoms with Crippen LogP contribution in [0.25, 0.3) is 0 Å². The number of ether oxygens (including phenoxy) is 1. The number of hydrogen-bond donors (Lipinski definition) is 1. The molecule has 0 radical (unpaired) electrons. The summed E-state index contributed by atoms with van der Waals surface area (Å²) in [5, 5.41) is 3.24. The van der Waals surface area contributed by atoms with E-state index in [9.17, 15) is 8.78 Å². The number of likely N-dealkylation sites (N-methyl/N-ethyl adjacent to an activating group) is 1. The van der Waals surface area contributed by atoms with Gasteiger partial charge in [0.25, 0.3) is 0 Å². The Morgan fingerprint density at radius 2 is 2.26 bits per heavy atom. The van der Waals surface area contributed by atoms with Gasteiger partial charge in [0.05, 0.1) is 12.7 Å². The summed E-state index contributed by atoms with van der Waals surface area (Å²) >= 11 is 0. The SMILES string of the molecule is C[C@H](NC[C@@H]1CN(C)CCO1)c1ccc(F)cc1F. The van der Waals surface area contributed by atoms with Gasteiger partial charge in [-0.1, -0.05) is 6.07 Å². The number of halogens is 2. The molecule has 2 rings (SSSR count). The number of benzene rings is 1. The Bertz CT molecular complexity index is 428. The molecule has 1 N–H and O–H groups in total. The Kier molecular flexibility index (Phi) is 4.85. The quantitative estimate of drug-likeness (QED) is 0.905. The van der Waals surface area contributed by atoms with Crippen molar-refractivity contribution < 1.29 is 13.5 Å². The highest BCUT2D eigenvalue weighted by molar-refractivity contribution is 5.21. The van der Waals surface area contributed by atoms with Gasteiger partial charge in [0.2, 0.25) is 0 Å². The normalized spacial score (nSPS) is 22.4. The molecule has 0 amide bonds. The van der Waals surface area contributed by atoms with Crippen LogP contribution < -0.4 is 5.32 Å². The highest BCUT2D eigenvalue weighted by atomic mass is 19.1. The summed E-state index contributed by atoms with van der Waals surface area (Å²) in [5.74, 6) is -1.06. The maximum atomic E-state index is 13.6. The van der Waals surface area contributed by atoms with Crippen molar-refractivity contribution in [3.05, 3.63) is 35.4 Å². The van der Waals surface area contributed by atoms with E-state index in [4.69, 9.17) is 4.74 Å². The van der Waals surface area contributed by atoms with Gasteiger partial charge in [0.15, 0.2) is 0 Å². The van der Waals surface area contributed by atoms with Gasteiger partial charge in [-0.15, -0.1) is 0 Å². The van der Waals surface area contributed by atoms with E-state index < -0.39 is 11.6 Å². The Labute approximate surface area is 112 Å². The molecule has 0 unspecified atom stereocenters. The predicted molar refractivity (Wildman–Crippen MR) is 70.0 cm³/mol. The summed E-state index contributed by atoms with van der Waals surface area (Å²) in [4.78, 5) is 2.21. The van der Waals surface area contributed by atoms with Crippen LogP contribution >= 0.6 is 0 Å². The van der Waals surface area contributed by atoms with E-state index in [1.165, 1.54) is 12.1 Å². The topological polar surface area (TPSA) is 24.5 Å². The van der Waals surface area contributed by atoms with Crippen LogP contribution in [-0.2, 0) is 4.74 Å². The molecular weight excluding hydrogens is 250 g/mol. The second-order valence-corrected chi connectivity index (χ2v) is 5.05. The molecule has 0 bridgehead atoms. The Morgan fingerprint density at radius 3 is 2.95 bits per heavy atom. The van der Waals surface area contributed by atoms with Crippen LogP contribution in [0, 0.1) is 11.6 Å². The molecule has 3 nitrogen and oxygen atoms in total. The first-order chi connectivity index (χ1) is 9.06. The van der Waals surface area contributed by atoms with E-state index in [-0.39, 0.29) is 12.1 Å². The molecular formula is C14H20F2N2O. The monoisotopic (exact) mass is 270 g/mol. The van der Waals surface area contributed by atoms with Crippen LogP contribution in [0.2, 0.25) is 0 Å². The van der Waals surface area contributed by atoms with Crippen molar-refractivity contribution in [2.45, 2.75) is 19.1 Å². The molecule has 0 aliphatic carbocycles. The first-order valence-electron chi connectivity index (χ1n) is 6.54. The van der Waals surface area contributed by atoms with Crippen LogP contribution in [0.1, 0.15) is 18.5 Å². The fraction of sp³-hybridized carbons (Fsp3) is 0.571. The number of nitrogens with one attached hydrogen (secondary N) is 1. The minimum Gasteiger partial charge on any atom is -0.374 e. The molecule has 1 aromatic rings. The highest BCUT2D eigenvalue weighted by Crippen LogP contribution is 2.17. The summed E-state index contributed by atoms with van der Waals surface area (Å²) in [6.07, 6.45) is 0.115. The Morgan fingerprint density at radius 1 is 1.47 bits per heavy atom. The van der Waals surface area contributed by atoms with Crippen molar-refractivity contribution in [1.82, 2.24) is 10.2 Å². The van der Waals surface area contributed by atoms with Crippen LogP contribution in [-0.4, -0.2) is 44.3 Å². The Balaban J connectivity index is 1.88. The van der Waals surface area contributed by atoms with Crippen molar-refractivity contribution in [2.24, 2.45) is 0 Å². The molecule has 0 aromatic heterocycles. The lowest BCUT2D eigenvalue weighted by Crippen LogP contribution is -2.45. The van der Waals surface area contributed by atoms with Gasteiger partial charge >= 0.3 is 0 Å². The largest absolute Gasteiger partial charge is 0.374 e. The summed E-state index contributed by atoms with van der Waals surface area (Å²) in [7, 11) is 2.05. The second-order valence-electron chi connectivity index (χ2n) is 5.05. The van der Waals surface area contributed by atoms with Gasteiger partial charge in [0, 0.05) is 37.3 Å². The third-order valence-electron chi connectivity index (χ3n) is 3.42. The molecule has 1 aliphatic heterocycles. The van der Waals surface area contributed by atoms with E-state index in [0.29, 0.717) is 12.1 Å². The van der Waals surface area contributed by atoms with Crippen molar-refractivity contribution in [3.63, 3.8) is 0 Å². The predicted octanol–water partition coefficient (Wildman–Crippen LogP) is 1.95. The molecule has 1 saturated heterocycles. The van der Waals surface area contributed by atoms with Crippen molar-refractivity contribution in [2.75, 3.05) is 33.3 Å². The fourth-order valence-corrected chi connectivity index (χ4v) is 2.26. The van der Waals surface area contributed by atoms with E-state index >= 15 is 0 Å². The summed E-state index contributed by atoms with van der Waals surface area (Å²) in [6.45, 7) is 5.05. The smallest absolute Gasteiger partial charge is 0.130 e. The van der Waals surface area contributed by atoms with Crippen LogP contribution in [0.4, 0.5) is 8.78 Å². The first-order valence-corrected chi connectivity index (χ1v) is 6.54. The second kappa shape index (κ2) is 6.41. The molecule has 106 valence electrons. The van der Waals surface area contributed by atoms with Crippen LogP contribution in [0.5, 0.6) is 0 Å². The maximum Gasteiger partial charge on any atom is 0.130 e. The molecule has 0 saturated carbocycles. The number of hydrogen-bond acceptors (Lipinski definition) is 3. The lowest BCUT2D eigenvalue weighted by atomic mass is 10.1. The molecule has 0 spiro atoms. The third kappa shape index (κ3) is 3.96. The maximum absolute atomic E-state index is 13.6. The molecule has 2 atom stereocenters. The van der Waals surface area contributed by atoms with Gasteiger partial charge in [-0.3, -0.25) is 0 Å². The minimum atomic E-state index is -0.550. The zero-order chi connectivity index (χ0) is 13.8.